The van der Waals surface area contributed by atoms with E-state index in [0.29, 0.717) is 32.5 Å². The highest BCUT2D eigenvalue weighted by Crippen LogP contribution is 2.18. The van der Waals surface area contributed by atoms with E-state index in [2.05, 4.69) is 21.2 Å². The first-order chi connectivity index (χ1) is 11.5. The number of hydrogen-bond donors (Lipinski definition) is 2. The summed E-state index contributed by atoms with van der Waals surface area (Å²) in [6, 6.07) is 9.63. The fourth-order valence-electron chi connectivity index (χ4n) is 2.56. The highest BCUT2D eigenvalue weighted by atomic mass is 79.9. The number of rotatable bonds is 5. The number of carboxylic acid groups (broad SMARTS) is 1. The van der Waals surface area contributed by atoms with Gasteiger partial charge < -0.3 is 15.3 Å². The molecule has 0 aromatic heterocycles. The molecule has 1 heterocycles. The lowest BCUT2D eigenvalue weighted by atomic mass is 9.97. The van der Waals surface area contributed by atoms with E-state index in [4.69, 9.17) is 5.11 Å². The highest BCUT2D eigenvalue weighted by Gasteiger charge is 2.28. The molecule has 1 fully saturated rings. The number of likely N-dealkylation sites (tertiary alicyclic amines) is 1. The van der Waals surface area contributed by atoms with Gasteiger partial charge in [0.2, 0.25) is 0 Å². The average Bonchev–Trinajstić information content (AvgIpc) is 2.58. The van der Waals surface area contributed by atoms with E-state index in [1.165, 1.54) is 11.1 Å². The van der Waals surface area contributed by atoms with Crippen LogP contribution in [0.4, 0.5) is 0 Å². The number of piperidine rings is 1. The normalized spacial score (nSPS) is 15.7. The molecule has 1 saturated heterocycles. The summed E-state index contributed by atoms with van der Waals surface area (Å²) < 4.78 is 0.962. The van der Waals surface area contributed by atoms with E-state index < -0.39 is 11.9 Å². The lowest BCUT2D eigenvalue weighted by Gasteiger charge is -2.29. The molecule has 1 aromatic carbocycles. The fourth-order valence-corrected chi connectivity index (χ4v) is 3.01. The zero-order valence-electron chi connectivity index (χ0n) is 13.0. The van der Waals surface area contributed by atoms with Crippen molar-refractivity contribution in [2.75, 3.05) is 13.1 Å². The van der Waals surface area contributed by atoms with Gasteiger partial charge in [-0.1, -0.05) is 28.1 Å². The SMILES string of the molecule is N#C/C(=C/NCc1cccc(Br)c1)C(=O)N1CCC(C(=O)O)CC1. The topological polar surface area (TPSA) is 93.4 Å². The van der Waals surface area contributed by atoms with E-state index in [9.17, 15) is 14.9 Å². The highest BCUT2D eigenvalue weighted by molar-refractivity contribution is 9.10. The van der Waals surface area contributed by atoms with Crippen LogP contribution < -0.4 is 5.32 Å². The predicted octanol–water partition coefficient (Wildman–Crippen LogP) is 2.27. The van der Waals surface area contributed by atoms with Crippen molar-refractivity contribution in [3.05, 3.63) is 46.1 Å². The zero-order chi connectivity index (χ0) is 17.5. The van der Waals surface area contributed by atoms with Crippen molar-refractivity contribution in [2.45, 2.75) is 19.4 Å². The molecule has 1 amide bonds. The standard InChI is InChI=1S/C17H18BrN3O3/c18-15-3-1-2-12(8-15)10-20-11-14(9-19)16(22)21-6-4-13(5-7-21)17(23)24/h1-3,8,11,13,20H,4-7,10H2,(H,23,24)/b14-11-. The van der Waals surface area contributed by atoms with Crippen LogP contribution in [0.5, 0.6) is 0 Å². The molecule has 24 heavy (non-hydrogen) atoms. The first kappa shape index (κ1) is 18.0. The number of nitrogens with one attached hydrogen (secondary N) is 1. The van der Waals surface area contributed by atoms with Gasteiger partial charge in [0, 0.05) is 30.3 Å². The molecule has 0 radical (unpaired) electrons. The van der Waals surface area contributed by atoms with Crippen LogP contribution in [-0.2, 0) is 16.1 Å². The molecule has 1 aliphatic heterocycles. The maximum absolute atomic E-state index is 12.3. The van der Waals surface area contributed by atoms with Gasteiger partial charge in [0.15, 0.2) is 0 Å². The summed E-state index contributed by atoms with van der Waals surface area (Å²) in [5, 5.41) is 21.2. The van der Waals surface area contributed by atoms with Crippen molar-refractivity contribution < 1.29 is 14.7 Å². The number of amides is 1. The van der Waals surface area contributed by atoms with Gasteiger partial charge >= 0.3 is 5.97 Å². The Labute approximate surface area is 148 Å². The number of carboxylic acids is 1. The maximum atomic E-state index is 12.3. The van der Waals surface area contributed by atoms with Gasteiger partial charge in [0.25, 0.3) is 5.91 Å². The molecule has 2 rings (SSSR count). The molecule has 126 valence electrons. The van der Waals surface area contributed by atoms with Crippen LogP contribution in [0, 0.1) is 17.2 Å². The Balaban J connectivity index is 1.92. The fraction of sp³-hybridized carbons (Fsp3) is 0.353. The van der Waals surface area contributed by atoms with Gasteiger partial charge in [-0.2, -0.15) is 5.26 Å². The van der Waals surface area contributed by atoms with Crippen molar-refractivity contribution in [1.29, 1.82) is 5.26 Å². The van der Waals surface area contributed by atoms with Gasteiger partial charge in [-0.3, -0.25) is 9.59 Å². The summed E-state index contributed by atoms with van der Waals surface area (Å²) in [5.41, 5.74) is 1.05. The predicted molar refractivity (Wildman–Crippen MR) is 91.6 cm³/mol. The zero-order valence-corrected chi connectivity index (χ0v) is 14.6. The summed E-state index contributed by atoms with van der Waals surface area (Å²) in [5.74, 6) is -1.59. The number of nitrogens with zero attached hydrogens (tertiary/aromatic N) is 2. The monoisotopic (exact) mass is 391 g/mol. The van der Waals surface area contributed by atoms with Gasteiger partial charge in [-0.05, 0) is 30.5 Å². The molecule has 0 aliphatic carbocycles. The molecule has 0 bridgehead atoms. The molecule has 0 unspecified atom stereocenters. The van der Waals surface area contributed by atoms with Crippen LogP contribution in [-0.4, -0.2) is 35.0 Å². The third-order valence-electron chi connectivity index (χ3n) is 3.92. The summed E-state index contributed by atoms with van der Waals surface area (Å²) in [6.07, 6.45) is 2.27. The summed E-state index contributed by atoms with van der Waals surface area (Å²) in [7, 11) is 0. The number of nitriles is 1. The Kier molecular flexibility index (Phi) is 6.38. The van der Waals surface area contributed by atoms with Crippen LogP contribution in [0.15, 0.2) is 40.5 Å². The van der Waals surface area contributed by atoms with E-state index in [-0.39, 0.29) is 11.5 Å². The Morgan fingerprint density at radius 3 is 2.71 bits per heavy atom. The molecule has 0 atom stereocenters. The van der Waals surface area contributed by atoms with Gasteiger partial charge in [0.1, 0.15) is 11.6 Å². The number of aliphatic carboxylic acids is 1. The Morgan fingerprint density at radius 1 is 1.42 bits per heavy atom. The number of halogens is 1. The van der Waals surface area contributed by atoms with Crippen LogP contribution in [0.2, 0.25) is 0 Å². The lowest BCUT2D eigenvalue weighted by Crippen LogP contribution is -2.41. The first-order valence-electron chi connectivity index (χ1n) is 7.61. The lowest BCUT2D eigenvalue weighted by molar-refractivity contribution is -0.145. The third kappa shape index (κ3) is 4.83. The summed E-state index contributed by atoms with van der Waals surface area (Å²) in [6.45, 7) is 1.22. The number of carbonyl (C=O) groups excluding carboxylic acids is 1. The van der Waals surface area contributed by atoms with Crippen LogP contribution >= 0.6 is 15.9 Å². The van der Waals surface area contributed by atoms with Crippen molar-refractivity contribution in [2.24, 2.45) is 5.92 Å². The van der Waals surface area contributed by atoms with Crippen LogP contribution in [0.25, 0.3) is 0 Å². The molecule has 2 N–H and O–H groups in total. The number of benzene rings is 1. The van der Waals surface area contributed by atoms with Crippen molar-refractivity contribution in [1.82, 2.24) is 10.2 Å². The maximum Gasteiger partial charge on any atom is 0.306 e. The molecule has 0 saturated carbocycles. The minimum absolute atomic E-state index is 0.0266. The minimum atomic E-state index is -0.825. The molecule has 1 aromatic rings. The van der Waals surface area contributed by atoms with Gasteiger partial charge in [-0.25, -0.2) is 0 Å². The number of hydrogen-bond acceptors (Lipinski definition) is 4. The van der Waals surface area contributed by atoms with Crippen molar-refractivity contribution >= 4 is 27.8 Å². The number of carbonyl (C=O) groups is 2. The van der Waals surface area contributed by atoms with Crippen molar-refractivity contribution in [3.8, 4) is 6.07 Å². The summed E-state index contributed by atoms with van der Waals surface area (Å²) >= 11 is 3.39. The molecule has 1 aliphatic rings. The second-order valence-electron chi connectivity index (χ2n) is 5.59. The van der Waals surface area contributed by atoms with E-state index in [0.717, 1.165) is 10.0 Å². The first-order valence-corrected chi connectivity index (χ1v) is 8.40. The van der Waals surface area contributed by atoms with Crippen molar-refractivity contribution in [3.63, 3.8) is 0 Å². The molecular formula is C17H18BrN3O3. The van der Waals surface area contributed by atoms with E-state index >= 15 is 0 Å². The average molecular weight is 392 g/mol. The summed E-state index contributed by atoms with van der Waals surface area (Å²) in [4.78, 5) is 24.8. The third-order valence-corrected chi connectivity index (χ3v) is 4.42. The Bertz CT molecular complexity index is 689. The quantitative estimate of drug-likeness (QED) is 0.592. The van der Waals surface area contributed by atoms with Crippen LogP contribution in [0.1, 0.15) is 18.4 Å². The van der Waals surface area contributed by atoms with Gasteiger partial charge in [0.05, 0.1) is 5.92 Å². The second-order valence-corrected chi connectivity index (χ2v) is 6.50. The molecular weight excluding hydrogens is 374 g/mol. The van der Waals surface area contributed by atoms with Crippen LogP contribution in [0.3, 0.4) is 0 Å². The second kappa shape index (κ2) is 8.50. The Hall–Kier alpha value is -2.33. The molecule has 0 spiro atoms. The van der Waals surface area contributed by atoms with E-state index in [1.54, 1.807) is 0 Å². The molecule has 6 nitrogen and oxygen atoms in total. The van der Waals surface area contributed by atoms with E-state index in [1.807, 2.05) is 30.3 Å². The minimum Gasteiger partial charge on any atom is -0.481 e. The smallest absolute Gasteiger partial charge is 0.306 e. The van der Waals surface area contributed by atoms with Gasteiger partial charge in [-0.15, -0.1) is 0 Å². The largest absolute Gasteiger partial charge is 0.481 e. The Morgan fingerprint density at radius 2 is 2.12 bits per heavy atom. The molecule has 7 heteroatoms.